The minimum Gasteiger partial charge on any atom is -0.491 e. The van der Waals surface area contributed by atoms with Gasteiger partial charge >= 0.3 is 0 Å². The summed E-state index contributed by atoms with van der Waals surface area (Å²) in [5.41, 5.74) is 1.90. The van der Waals surface area contributed by atoms with Crippen LogP contribution >= 0.6 is 0 Å². The van der Waals surface area contributed by atoms with Gasteiger partial charge in [-0.1, -0.05) is 12.1 Å². The lowest BCUT2D eigenvalue weighted by Crippen LogP contribution is -2.42. The molecule has 1 atom stereocenters. The third-order valence-corrected chi connectivity index (χ3v) is 3.80. The number of carbonyl (C=O) groups excluding carboxylic acids is 1. The van der Waals surface area contributed by atoms with Gasteiger partial charge in [0.25, 0.3) is 0 Å². The second-order valence-corrected chi connectivity index (χ2v) is 5.27. The van der Waals surface area contributed by atoms with E-state index in [9.17, 15) is 4.79 Å². The van der Waals surface area contributed by atoms with Crippen LogP contribution in [-0.4, -0.2) is 50.1 Å². The van der Waals surface area contributed by atoms with Crippen molar-refractivity contribution < 1.29 is 14.3 Å². The number of likely N-dealkylation sites (N-methyl/N-ethyl adjacent to an activating group) is 1. The summed E-state index contributed by atoms with van der Waals surface area (Å²) in [7, 11) is 2.09. The Bertz CT molecular complexity index is 486. The summed E-state index contributed by atoms with van der Waals surface area (Å²) in [6.07, 6.45) is 1.53. The van der Waals surface area contributed by atoms with Gasteiger partial charge < -0.3 is 14.4 Å². The van der Waals surface area contributed by atoms with Crippen molar-refractivity contribution in [3.63, 3.8) is 0 Å². The standard InChI is InChI=1S/C15H19NO3/c1-16-7-8-18-11(9-16)10-19-15-4-2-3-12-13(15)5-6-14(12)17/h2-4,11H,5-10H2,1H3. The van der Waals surface area contributed by atoms with Gasteiger partial charge in [-0.3, -0.25) is 4.79 Å². The highest BCUT2D eigenvalue weighted by Crippen LogP contribution is 2.30. The molecule has 0 bridgehead atoms. The van der Waals surface area contributed by atoms with Gasteiger partial charge in [0.1, 0.15) is 18.5 Å². The molecular formula is C15H19NO3. The van der Waals surface area contributed by atoms with E-state index in [2.05, 4.69) is 11.9 Å². The molecule has 1 fully saturated rings. The highest BCUT2D eigenvalue weighted by Gasteiger charge is 2.24. The van der Waals surface area contributed by atoms with E-state index in [1.807, 2.05) is 18.2 Å². The summed E-state index contributed by atoms with van der Waals surface area (Å²) < 4.78 is 11.6. The van der Waals surface area contributed by atoms with Crippen molar-refractivity contribution in [2.24, 2.45) is 0 Å². The van der Waals surface area contributed by atoms with Crippen LogP contribution in [0.25, 0.3) is 0 Å². The maximum Gasteiger partial charge on any atom is 0.163 e. The molecule has 19 heavy (non-hydrogen) atoms. The number of ketones is 1. The molecule has 0 aromatic heterocycles. The van der Waals surface area contributed by atoms with E-state index in [1.165, 1.54) is 0 Å². The largest absolute Gasteiger partial charge is 0.491 e. The lowest BCUT2D eigenvalue weighted by molar-refractivity contribution is -0.0404. The summed E-state index contributed by atoms with van der Waals surface area (Å²) in [5.74, 6) is 1.08. The van der Waals surface area contributed by atoms with Crippen molar-refractivity contribution >= 4 is 5.78 Å². The molecule has 0 radical (unpaired) electrons. The molecule has 1 aromatic carbocycles. The topological polar surface area (TPSA) is 38.8 Å². The second kappa shape index (κ2) is 5.31. The third kappa shape index (κ3) is 2.65. The molecule has 0 saturated carbocycles. The molecule has 0 spiro atoms. The van der Waals surface area contributed by atoms with Gasteiger partial charge in [0.05, 0.1) is 6.61 Å². The van der Waals surface area contributed by atoms with Gasteiger partial charge in [0.2, 0.25) is 0 Å². The molecule has 4 nitrogen and oxygen atoms in total. The van der Waals surface area contributed by atoms with Crippen molar-refractivity contribution in [1.29, 1.82) is 0 Å². The zero-order chi connectivity index (χ0) is 13.2. The first-order chi connectivity index (χ1) is 9.24. The molecule has 102 valence electrons. The van der Waals surface area contributed by atoms with Crippen LogP contribution in [0.2, 0.25) is 0 Å². The molecule has 2 aliphatic rings. The number of morpholine rings is 1. The zero-order valence-electron chi connectivity index (χ0n) is 11.2. The van der Waals surface area contributed by atoms with E-state index in [0.717, 1.165) is 43.0 Å². The van der Waals surface area contributed by atoms with Crippen molar-refractivity contribution in [3.05, 3.63) is 29.3 Å². The Hall–Kier alpha value is -1.39. The Morgan fingerprint density at radius 3 is 3.16 bits per heavy atom. The molecule has 4 heteroatoms. The van der Waals surface area contributed by atoms with E-state index in [0.29, 0.717) is 13.0 Å². The number of carbonyl (C=O) groups is 1. The fourth-order valence-electron chi connectivity index (χ4n) is 2.74. The first-order valence-electron chi connectivity index (χ1n) is 6.82. The van der Waals surface area contributed by atoms with Crippen molar-refractivity contribution in [2.75, 3.05) is 33.4 Å². The van der Waals surface area contributed by atoms with Crippen LogP contribution in [0.15, 0.2) is 18.2 Å². The number of ether oxygens (including phenoxy) is 2. The predicted octanol–water partition coefficient (Wildman–Crippen LogP) is 1.52. The van der Waals surface area contributed by atoms with Crippen molar-refractivity contribution in [2.45, 2.75) is 18.9 Å². The van der Waals surface area contributed by atoms with Gasteiger partial charge in [0.15, 0.2) is 5.78 Å². The summed E-state index contributed by atoms with van der Waals surface area (Å²) in [6.45, 7) is 3.19. The van der Waals surface area contributed by atoms with Crippen LogP contribution in [0.5, 0.6) is 5.75 Å². The van der Waals surface area contributed by atoms with Gasteiger partial charge in [-0.2, -0.15) is 0 Å². The summed E-state index contributed by atoms with van der Waals surface area (Å²) >= 11 is 0. The number of hydrogen-bond acceptors (Lipinski definition) is 4. The first kappa shape index (κ1) is 12.6. The number of Topliss-reactive ketones (excluding diaryl/α,β-unsaturated/α-hetero) is 1. The summed E-state index contributed by atoms with van der Waals surface area (Å²) in [5, 5.41) is 0. The maximum absolute atomic E-state index is 11.7. The third-order valence-electron chi connectivity index (χ3n) is 3.80. The molecule has 1 aliphatic heterocycles. The van der Waals surface area contributed by atoms with Crippen LogP contribution in [0, 0.1) is 0 Å². The average molecular weight is 261 g/mol. The molecular weight excluding hydrogens is 242 g/mol. The highest BCUT2D eigenvalue weighted by atomic mass is 16.5. The maximum atomic E-state index is 11.7. The molecule has 1 unspecified atom stereocenters. The SMILES string of the molecule is CN1CCOC(COc2cccc3c2CCC3=O)C1. The molecule has 0 amide bonds. The van der Waals surface area contributed by atoms with Gasteiger partial charge in [-0.05, 0) is 19.5 Å². The number of rotatable bonds is 3. The van der Waals surface area contributed by atoms with Crippen LogP contribution in [0.1, 0.15) is 22.3 Å². The van der Waals surface area contributed by atoms with E-state index < -0.39 is 0 Å². The Morgan fingerprint density at radius 1 is 1.42 bits per heavy atom. The van der Waals surface area contributed by atoms with Crippen LogP contribution in [-0.2, 0) is 11.2 Å². The van der Waals surface area contributed by atoms with Crippen molar-refractivity contribution in [3.8, 4) is 5.75 Å². The molecule has 1 aliphatic carbocycles. The first-order valence-corrected chi connectivity index (χ1v) is 6.82. The fraction of sp³-hybridized carbons (Fsp3) is 0.533. The number of fused-ring (bicyclic) bond motifs is 1. The highest BCUT2D eigenvalue weighted by molar-refractivity contribution is 6.01. The van der Waals surface area contributed by atoms with E-state index in [-0.39, 0.29) is 11.9 Å². The number of benzene rings is 1. The van der Waals surface area contributed by atoms with Gasteiger partial charge in [-0.15, -0.1) is 0 Å². The lowest BCUT2D eigenvalue weighted by atomic mass is 10.1. The predicted molar refractivity (Wildman–Crippen MR) is 71.8 cm³/mol. The summed E-state index contributed by atoms with van der Waals surface area (Å²) in [4.78, 5) is 13.9. The second-order valence-electron chi connectivity index (χ2n) is 5.27. The van der Waals surface area contributed by atoms with Crippen LogP contribution in [0.4, 0.5) is 0 Å². The molecule has 1 heterocycles. The minimum atomic E-state index is 0.117. The Kier molecular flexibility index (Phi) is 3.53. The van der Waals surface area contributed by atoms with Crippen LogP contribution in [0.3, 0.4) is 0 Å². The Morgan fingerprint density at radius 2 is 2.32 bits per heavy atom. The minimum absolute atomic E-state index is 0.117. The molecule has 0 N–H and O–H groups in total. The number of nitrogens with zero attached hydrogens (tertiary/aromatic N) is 1. The normalized spacial score (nSPS) is 23.4. The average Bonchev–Trinajstić information content (AvgIpc) is 2.79. The lowest BCUT2D eigenvalue weighted by Gasteiger charge is -2.30. The summed E-state index contributed by atoms with van der Waals surface area (Å²) in [6, 6.07) is 5.73. The molecule has 1 aromatic rings. The Labute approximate surface area is 113 Å². The smallest absolute Gasteiger partial charge is 0.163 e. The Balaban J connectivity index is 1.66. The molecule has 1 saturated heterocycles. The zero-order valence-corrected chi connectivity index (χ0v) is 11.2. The van der Waals surface area contributed by atoms with Crippen LogP contribution < -0.4 is 4.74 Å². The van der Waals surface area contributed by atoms with Gasteiger partial charge in [-0.25, -0.2) is 0 Å². The van der Waals surface area contributed by atoms with E-state index in [1.54, 1.807) is 0 Å². The molecule has 3 rings (SSSR count). The van der Waals surface area contributed by atoms with E-state index >= 15 is 0 Å². The number of hydrogen-bond donors (Lipinski definition) is 0. The fourth-order valence-corrected chi connectivity index (χ4v) is 2.74. The van der Waals surface area contributed by atoms with Gasteiger partial charge in [0, 0.05) is 30.6 Å². The van der Waals surface area contributed by atoms with E-state index in [4.69, 9.17) is 9.47 Å². The quantitative estimate of drug-likeness (QED) is 0.827. The van der Waals surface area contributed by atoms with Crippen molar-refractivity contribution in [1.82, 2.24) is 4.90 Å². The monoisotopic (exact) mass is 261 g/mol.